The molecule has 8 aromatic rings. The second-order valence-electron chi connectivity index (χ2n) is 13.4. The molecule has 2 aromatic heterocycles. The number of hydrogen-bond acceptors (Lipinski definition) is 10. The Morgan fingerprint density at radius 1 is 0.426 bits per heavy atom. The molecule has 0 aliphatic heterocycles. The quantitative estimate of drug-likeness (QED) is 0.0844. The fourth-order valence-corrected chi connectivity index (χ4v) is 7.81. The molecular weight excluding hydrogens is 869 g/mol. The SMILES string of the molecule is O=Cc1ccc(-c2ccc(N(c3ccc(CO)cc3)c3ccc(CO)cc3)cc2)s1.O=Cc1cccs1.OCc1ccc(N(c2ccc(Br)cc2)c2ccc(CO)cc2)cc1. The van der Waals surface area contributed by atoms with Gasteiger partial charge in [0, 0.05) is 43.5 Å². The monoisotopic (exact) mass is 910 g/mol. The summed E-state index contributed by atoms with van der Waals surface area (Å²) in [7, 11) is 0. The summed E-state index contributed by atoms with van der Waals surface area (Å²) in [6, 6.07) is 55.0. The Balaban J connectivity index is 0.000000179. The van der Waals surface area contributed by atoms with E-state index in [2.05, 4.69) is 37.9 Å². The largest absolute Gasteiger partial charge is 0.392 e. The Hall–Kier alpha value is -6.02. The average Bonchev–Trinajstić information content (AvgIpc) is 4.05. The first-order chi connectivity index (χ1) is 29.9. The lowest BCUT2D eigenvalue weighted by Gasteiger charge is -2.26. The molecule has 0 spiro atoms. The number of thiophene rings is 2. The van der Waals surface area contributed by atoms with Gasteiger partial charge in [0.15, 0.2) is 12.6 Å². The van der Waals surface area contributed by atoms with E-state index in [0.717, 1.165) is 88.7 Å². The molecule has 0 amide bonds. The zero-order valence-electron chi connectivity index (χ0n) is 32.9. The number of carbonyl (C=O) groups excluding carboxylic acids is 2. The number of halogens is 1. The van der Waals surface area contributed by atoms with Crippen molar-refractivity contribution in [1.82, 2.24) is 0 Å². The van der Waals surface area contributed by atoms with Gasteiger partial charge in [-0.25, -0.2) is 0 Å². The van der Waals surface area contributed by atoms with Gasteiger partial charge >= 0.3 is 0 Å². The van der Waals surface area contributed by atoms with Gasteiger partial charge in [0.25, 0.3) is 0 Å². The summed E-state index contributed by atoms with van der Waals surface area (Å²) in [6.07, 6.45) is 1.72. The van der Waals surface area contributed by atoms with Crippen LogP contribution in [0.2, 0.25) is 0 Å². The third kappa shape index (κ3) is 12.1. The molecule has 8 nitrogen and oxygen atoms in total. The maximum Gasteiger partial charge on any atom is 0.160 e. The highest BCUT2D eigenvalue weighted by molar-refractivity contribution is 9.10. The summed E-state index contributed by atoms with van der Waals surface area (Å²) < 4.78 is 1.03. The van der Waals surface area contributed by atoms with Gasteiger partial charge in [-0.1, -0.05) is 82.7 Å². The third-order valence-corrected chi connectivity index (χ3v) is 11.8. The minimum atomic E-state index is 0.00373. The van der Waals surface area contributed by atoms with Crippen molar-refractivity contribution in [3.8, 4) is 10.4 Å². The van der Waals surface area contributed by atoms with Crippen LogP contribution in [0.1, 0.15) is 41.6 Å². The van der Waals surface area contributed by atoms with Crippen LogP contribution >= 0.6 is 38.6 Å². The van der Waals surface area contributed by atoms with Gasteiger partial charge < -0.3 is 30.2 Å². The number of nitrogens with zero attached hydrogens (tertiary/aromatic N) is 2. The van der Waals surface area contributed by atoms with Crippen LogP contribution in [-0.4, -0.2) is 33.0 Å². The maximum absolute atomic E-state index is 11.0. The summed E-state index contributed by atoms with van der Waals surface area (Å²) in [5, 5.41) is 39.1. The standard InChI is InChI=1S/C25H21NO3S.C20H18BrNO2.C5H4OS/c27-15-18-1-7-21(8-2-18)26(22-9-3-19(16-28)4-10-22)23-11-5-20(6-12-23)25-14-13-24(17-29)30-25;21-17-5-11-20(12-6-17)22(18-7-1-15(13-23)2-8-18)19-9-3-16(14-24)4-10-19;6-4-5-2-1-3-7-5/h1-14,17,27-28H,15-16H2;1-12,23-24H,13-14H2;1-4H. The number of carbonyl (C=O) groups is 2. The molecule has 0 aliphatic carbocycles. The van der Waals surface area contributed by atoms with Crippen LogP contribution in [0.25, 0.3) is 10.4 Å². The lowest BCUT2D eigenvalue weighted by atomic mass is 10.1. The Morgan fingerprint density at radius 3 is 1.05 bits per heavy atom. The van der Waals surface area contributed by atoms with Gasteiger partial charge in [0.05, 0.1) is 36.2 Å². The van der Waals surface area contributed by atoms with E-state index in [0.29, 0.717) is 4.88 Å². The highest BCUT2D eigenvalue weighted by Crippen LogP contribution is 2.38. The lowest BCUT2D eigenvalue weighted by Crippen LogP contribution is -2.10. The molecule has 8 rings (SSSR count). The second kappa shape index (κ2) is 22.5. The summed E-state index contributed by atoms with van der Waals surface area (Å²) in [6.45, 7) is 0.0705. The van der Waals surface area contributed by atoms with E-state index in [-0.39, 0.29) is 26.4 Å². The van der Waals surface area contributed by atoms with Crippen molar-refractivity contribution in [1.29, 1.82) is 0 Å². The molecule has 6 aromatic carbocycles. The fraction of sp³-hybridized carbons (Fsp3) is 0.0800. The van der Waals surface area contributed by atoms with Gasteiger partial charge in [-0.15, -0.1) is 22.7 Å². The van der Waals surface area contributed by atoms with E-state index in [1.165, 1.54) is 22.7 Å². The Labute approximate surface area is 371 Å². The van der Waals surface area contributed by atoms with Gasteiger partial charge in [-0.3, -0.25) is 9.59 Å². The van der Waals surface area contributed by atoms with Crippen molar-refractivity contribution in [2.75, 3.05) is 9.80 Å². The van der Waals surface area contributed by atoms with Crippen LogP contribution in [0.15, 0.2) is 180 Å². The summed E-state index contributed by atoms with van der Waals surface area (Å²) in [5.74, 6) is 0. The normalized spacial score (nSPS) is 10.4. The first-order valence-electron chi connectivity index (χ1n) is 19.2. The van der Waals surface area contributed by atoms with E-state index in [1.807, 2.05) is 157 Å². The number of aliphatic hydroxyl groups is 4. The minimum Gasteiger partial charge on any atom is -0.392 e. The molecule has 2 heterocycles. The van der Waals surface area contributed by atoms with Crippen LogP contribution in [0, 0.1) is 0 Å². The summed E-state index contributed by atoms with van der Waals surface area (Å²) in [5.41, 5.74) is 10.5. The van der Waals surface area contributed by atoms with E-state index >= 15 is 0 Å². The first-order valence-corrected chi connectivity index (χ1v) is 21.6. The highest BCUT2D eigenvalue weighted by atomic mass is 79.9. The zero-order valence-corrected chi connectivity index (χ0v) is 36.1. The molecular formula is C50H43BrN2O6S2. The molecule has 0 bridgehead atoms. The maximum atomic E-state index is 11.0. The molecule has 0 saturated carbocycles. The molecule has 0 saturated heterocycles. The van der Waals surface area contributed by atoms with Gasteiger partial charge in [-0.2, -0.15) is 0 Å². The van der Waals surface area contributed by atoms with Crippen LogP contribution in [-0.2, 0) is 26.4 Å². The van der Waals surface area contributed by atoms with E-state index < -0.39 is 0 Å². The molecule has 4 N–H and O–H groups in total. The van der Waals surface area contributed by atoms with Gasteiger partial charge in [0.2, 0.25) is 0 Å². The van der Waals surface area contributed by atoms with Crippen molar-refractivity contribution in [3.63, 3.8) is 0 Å². The molecule has 0 fully saturated rings. The first kappa shape index (κ1) is 44.5. The molecule has 0 atom stereocenters. The van der Waals surface area contributed by atoms with Crippen molar-refractivity contribution in [2.24, 2.45) is 0 Å². The minimum absolute atomic E-state index is 0.00373. The molecule has 0 unspecified atom stereocenters. The van der Waals surface area contributed by atoms with Crippen LogP contribution in [0.4, 0.5) is 34.1 Å². The van der Waals surface area contributed by atoms with Crippen LogP contribution < -0.4 is 9.80 Å². The smallest absolute Gasteiger partial charge is 0.160 e. The Kier molecular flexibility index (Phi) is 16.5. The molecule has 308 valence electrons. The van der Waals surface area contributed by atoms with Gasteiger partial charge in [0.1, 0.15) is 0 Å². The number of anilines is 6. The number of benzene rings is 6. The third-order valence-electron chi connectivity index (χ3n) is 9.41. The predicted molar refractivity (Wildman–Crippen MR) is 252 cm³/mol. The van der Waals surface area contributed by atoms with E-state index in [1.54, 1.807) is 6.07 Å². The van der Waals surface area contributed by atoms with Crippen molar-refractivity contribution < 1.29 is 30.0 Å². The lowest BCUT2D eigenvalue weighted by molar-refractivity contribution is 0.111. The van der Waals surface area contributed by atoms with Crippen molar-refractivity contribution >= 4 is 85.3 Å². The van der Waals surface area contributed by atoms with Gasteiger partial charge in [-0.05, 0) is 136 Å². The molecule has 61 heavy (non-hydrogen) atoms. The van der Waals surface area contributed by atoms with Crippen LogP contribution in [0.5, 0.6) is 0 Å². The summed E-state index contributed by atoms with van der Waals surface area (Å²) in [4.78, 5) is 27.7. The number of aldehydes is 2. The average molecular weight is 912 g/mol. The number of hydrogen-bond donors (Lipinski definition) is 4. The highest BCUT2D eigenvalue weighted by Gasteiger charge is 2.15. The summed E-state index contributed by atoms with van der Waals surface area (Å²) >= 11 is 6.40. The molecule has 11 heteroatoms. The molecule has 0 aliphatic rings. The number of aliphatic hydroxyl groups excluding tert-OH is 4. The molecule has 0 radical (unpaired) electrons. The van der Waals surface area contributed by atoms with Crippen molar-refractivity contribution in [3.05, 3.63) is 212 Å². The second-order valence-corrected chi connectivity index (χ2v) is 16.5. The van der Waals surface area contributed by atoms with Crippen molar-refractivity contribution in [2.45, 2.75) is 26.4 Å². The topological polar surface area (TPSA) is 122 Å². The Morgan fingerprint density at radius 2 is 0.770 bits per heavy atom. The zero-order chi connectivity index (χ0) is 43.0. The Bertz CT molecular complexity index is 2450. The van der Waals surface area contributed by atoms with E-state index in [9.17, 15) is 30.0 Å². The van der Waals surface area contributed by atoms with E-state index in [4.69, 9.17) is 0 Å². The van der Waals surface area contributed by atoms with Crippen LogP contribution in [0.3, 0.4) is 0 Å². The fourth-order valence-electron chi connectivity index (χ4n) is 6.19. The number of rotatable bonds is 13. The predicted octanol–water partition coefficient (Wildman–Crippen LogP) is 12.1.